The summed E-state index contributed by atoms with van der Waals surface area (Å²) < 4.78 is 5.06. The average molecular weight is 268 g/mol. The Kier molecular flexibility index (Phi) is 4.52. The van der Waals surface area contributed by atoms with E-state index in [-0.39, 0.29) is 5.91 Å². The van der Waals surface area contributed by atoms with Gasteiger partial charge in [-0.05, 0) is 35.9 Å². The summed E-state index contributed by atoms with van der Waals surface area (Å²) in [5.74, 6) is 6.21. The van der Waals surface area contributed by atoms with Crippen LogP contribution in [0.25, 0.3) is 6.08 Å². The number of ether oxygens (including phenoxy) is 1. The van der Waals surface area contributed by atoms with Crippen LogP contribution in [0.3, 0.4) is 0 Å². The van der Waals surface area contributed by atoms with Crippen molar-refractivity contribution < 1.29 is 9.53 Å². The van der Waals surface area contributed by atoms with Gasteiger partial charge in [0.2, 0.25) is 0 Å². The number of carbonyl (C=O) groups is 1. The summed E-state index contributed by atoms with van der Waals surface area (Å²) in [6.45, 7) is 0. The van der Waals surface area contributed by atoms with E-state index in [4.69, 9.17) is 10.6 Å². The molecule has 102 valence electrons. The number of hydrogen-bond acceptors (Lipinski definition) is 3. The van der Waals surface area contributed by atoms with Gasteiger partial charge in [0.05, 0.1) is 12.8 Å². The Hall–Kier alpha value is -2.59. The molecule has 4 heteroatoms. The third kappa shape index (κ3) is 3.46. The van der Waals surface area contributed by atoms with Gasteiger partial charge in [0, 0.05) is 6.08 Å². The van der Waals surface area contributed by atoms with Crippen LogP contribution in [-0.2, 0) is 4.79 Å². The average Bonchev–Trinajstić information content (AvgIpc) is 2.53. The molecular weight excluding hydrogens is 252 g/mol. The molecule has 0 heterocycles. The number of methoxy groups -OCH3 is 1. The maximum Gasteiger partial charge on any atom is 0.265 e. The standard InChI is InChI=1S/C16H16N2O2/c1-20-15-10-8-14(9-11-15)18(17)16(19)12-7-13-5-3-2-4-6-13/h2-12H,17H2,1H3. The van der Waals surface area contributed by atoms with E-state index in [1.54, 1.807) is 37.5 Å². The zero-order valence-electron chi connectivity index (χ0n) is 11.2. The predicted molar refractivity (Wildman–Crippen MR) is 80.1 cm³/mol. The zero-order valence-corrected chi connectivity index (χ0v) is 11.2. The summed E-state index contributed by atoms with van der Waals surface area (Å²) in [5.41, 5.74) is 1.55. The van der Waals surface area contributed by atoms with E-state index in [0.717, 1.165) is 16.3 Å². The molecule has 0 aliphatic heterocycles. The van der Waals surface area contributed by atoms with E-state index in [1.807, 2.05) is 30.3 Å². The monoisotopic (exact) mass is 268 g/mol. The van der Waals surface area contributed by atoms with Crippen LogP contribution in [0, 0.1) is 0 Å². The molecule has 0 radical (unpaired) electrons. The molecule has 2 N–H and O–H groups in total. The highest BCUT2D eigenvalue weighted by Gasteiger charge is 2.08. The summed E-state index contributed by atoms with van der Waals surface area (Å²) in [7, 11) is 1.59. The molecule has 4 nitrogen and oxygen atoms in total. The molecule has 0 saturated heterocycles. The Labute approximate surface area is 118 Å². The van der Waals surface area contributed by atoms with Crippen LogP contribution in [0.1, 0.15) is 5.56 Å². The van der Waals surface area contributed by atoms with Crippen molar-refractivity contribution >= 4 is 17.7 Å². The fraction of sp³-hybridized carbons (Fsp3) is 0.0625. The maximum atomic E-state index is 12.0. The molecule has 0 saturated carbocycles. The predicted octanol–water partition coefficient (Wildman–Crippen LogP) is 2.62. The van der Waals surface area contributed by atoms with Gasteiger partial charge < -0.3 is 4.74 Å². The molecule has 0 unspecified atom stereocenters. The van der Waals surface area contributed by atoms with Gasteiger partial charge in [0.15, 0.2) is 0 Å². The second kappa shape index (κ2) is 6.54. The third-order valence-electron chi connectivity index (χ3n) is 2.81. The topological polar surface area (TPSA) is 55.6 Å². The van der Waals surface area contributed by atoms with E-state index in [9.17, 15) is 4.79 Å². The van der Waals surface area contributed by atoms with E-state index in [0.29, 0.717) is 5.69 Å². The highest BCUT2D eigenvalue weighted by Crippen LogP contribution is 2.17. The first-order chi connectivity index (χ1) is 9.70. The van der Waals surface area contributed by atoms with Crippen LogP contribution in [0.15, 0.2) is 60.7 Å². The second-order valence-electron chi connectivity index (χ2n) is 4.15. The first kappa shape index (κ1) is 13.8. The van der Waals surface area contributed by atoms with Crippen molar-refractivity contribution in [3.63, 3.8) is 0 Å². The van der Waals surface area contributed by atoms with Crippen molar-refractivity contribution in [2.24, 2.45) is 5.84 Å². The Morgan fingerprint density at radius 1 is 1.10 bits per heavy atom. The summed E-state index contributed by atoms with van der Waals surface area (Å²) in [6.07, 6.45) is 3.17. The first-order valence-electron chi connectivity index (χ1n) is 6.16. The van der Waals surface area contributed by atoms with Gasteiger partial charge in [-0.15, -0.1) is 0 Å². The molecule has 0 aliphatic carbocycles. The quantitative estimate of drug-likeness (QED) is 0.401. The molecule has 0 bridgehead atoms. The molecule has 0 aliphatic rings. The zero-order chi connectivity index (χ0) is 14.4. The van der Waals surface area contributed by atoms with Crippen molar-refractivity contribution in [1.29, 1.82) is 0 Å². The number of carbonyl (C=O) groups excluding carboxylic acids is 1. The minimum Gasteiger partial charge on any atom is -0.497 e. The molecule has 2 aromatic rings. The largest absolute Gasteiger partial charge is 0.497 e. The molecule has 0 fully saturated rings. The van der Waals surface area contributed by atoms with Gasteiger partial charge in [-0.2, -0.15) is 0 Å². The molecule has 1 amide bonds. The molecule has 2 aromatic carbocycles. The lowest BCUT2D eigenvalue weighted by molar-refractivity contribution is -0.114. The van der Waals surface area contributed by atoms with Crippen molar-refractivity contribution in [2.45, 2.75) is 0 Å². The van der Waals surface area contributed by atoms with Crippen LogP contribution in [0.2, 0.25) is 0 Å². The van der Waals surface area contributed by atoms with Gasteiger partial charge in [0.25, 0.3) is 5.91 Å². The lowest BCUT2D eigenvalue weighted by atomic mass is 10.2. The Bertz CT molecular complexity index is 592. The number of hydrogen-bond donors (Lipinski definition) is 1. The molecule has 20 heavy (non-hydrogen) atoms. The first-order valence-corrected chi connectivity index (χ1v) is 6.16. The second-order valence-corrected chi connectivity index (χ2v) is 4.15. The SMILES string of the molecule is COc1ccc(N(N)C(=O)C=Cc2ccccc2)cc1. The van der Waals surface area contributed by atoms with Crippen LogP contribution in [0.4, 0.5) is 5.69 Å². The minimum absolute atomic E-state index is 0.293. The van der Waals surface area contributed by atoms with Gasteiger partial charge in [-0.1, -0.05) is 30.3 Å². The van der Waals surface area contributed by atoms with E-state index in [2.05, 4.69) is 0 Å². The van der Waals surface area contributed by atoms with Crippen molar-refractivity contribution in [2.75, 3.05) is 12.1 Å². The van der Waals surface area contributed by atoms with Gasteiger partial charge in [-0.25, -0.2) is 10.9 Å². The number of hydrazine groups is 1. The van der Waals surface area contributed by atoms with Gasteiger partial charge in [0.1, 0.15) is 5.75 Å². The molecular formula is C16H16N2O2. The van der Waals surface area contributed by atoms with Crippen molar-refractivity contribution in [1.82, 2.24) is 0 Å². The normalized spacial score (nSPS) is 10.5. The molecule has 0 spiro atoms. The highest BCUT2D eigenvalue weighted by molar-refractivity contribution is 6.02. The molecule has 0 atom stereocenters. The maximum absolute atomic E-state index is 12.0. The van der Waals surface area contributed by atoms with Gasteiger partial charge in [-0.3, -0.25) is 4.79 Å². The summed E-state index contributed by atoms with van der Waals surface area (Å²) in [4.78, 5) is 12.0. The smallest absolute Gasteiger partial charge is 0.265 e. The Morgan fingerprint density at radius 3 is 2.35 bits per heavy atom. The molecule has 2 rings (SSSR count). The fourth-order valence-electron chi connectivity index (χ4n) is 1.68. The van der Waals surface area contributed by atoms with Crippen molar-refractivity contribution in [3.05, 3.63) is 66.2 Å². The minimum atomic E-state index is -0.293. The lowest BCUT2D eigenvalue weighted by Gasteiger charge is -2.14. The number of anilines is 1. The van der Waals surface area contributed by atoms with Crippen LogP contribution >= 0.6 is 0 Å². The third-order valence-corrected chi connectivity index (χ3v) is 2.81. The number of amides is 1. The molecule has 0 aromatic heterocycles. The van der Waals surface area contributed by atoms with Crippen molar-refractivity contribution in [3.8, 4) is 5.75 Å². The number of nitrogens with zero attached hydrogens (tertiary/aromatic N) is 1. The van der Waals surface area contributed by atoms with E-state index in [1.165, 1.54) is 6.08 Å². The van der Waals surface area contributed by atoms with Gasteiger partial charge >= 0.3 is 0 Å². The van der Waals surface area contributed by atoms with Crippen LogP contribution < -0.4 is 15.6 Å². The van der Waals surface area contributed by atoms with Crippen LogP contribution in [0.5, 0.6) is 5.75 Å². The van der Waals surface area contributed by atoms with E-state index >= 15 is 0 Å². The van der Waals surface area contributed by atoms with Crippen LogP contribution in [-0.4, -0.2) is 13.0 Å². The lowest BCUT2D eigenvalue weighted by Crippen LogP contribution is -2.36. The number of rotatable bonds is 4. The number of benzene rings is 2. The summed E-state index contributed by atoms with van der Waals surface area (Å²) in [6, 6.07) is 16.5. The van der Waals surface area contributed by atoms with E-state index < -0.39 is 0 Å². The Morgan fingerprint density at radius 2 is 1.75 bits per heavy atom. The fourth-order valence-corrected chi connectivity index (χ4v) is 1.68. The summed E-state index contributed by atoms with van der Waals surface area (Å²) in [5, 5.41) is 1.10. The Balaban J connectivity index is 2.06. The summed E-state index contributed by atoms with van der Waals surface area (Å²) >= 11 is 0. The number of nitrogens with two attached hydrogens (primary N) is 1. The highest BCUT2D eigenvalue weighted by atomic mass is 16.5.